The maximum Gasteiger partial charge on any atom is 0.263 e. The van der Waals surface area contributed by atoms with Crippen molar-refractivity contribution in [3.05, 3.63) is 10.0 Å². The molecule has 1 heterocycles. The van der Waals surface area contributed by atoms with Crippen LogP contribution in [-0.4, -0.2) is 22.6 Å². The number of hydrogen-bond donors (Lipinski definition) is 2. The van der Waals surface area contributed by atoms with Crippen LogP contribution in [-0.2, 0) is 10.2 Å². The second-order valence-corrected chi connectivity index (χ2v) is 7.53. The number of aromatic nitrogens is 1. The maximum atomic E-state index is 14.3. The lowest BCUT2D eigenvalue weighted by Crippen LogP contribution is -2.56. The Labute approximate surface area is 131 Å². The first-order valence-electron chi connectivity index (χ1n) is 6.47. The molecule has 1 aromatic heterocycles. The van der Waals surface area contributed by atoms with E-state index < -0.39 is 11.6 Å². The number of anilines is 1. The van der Waals surface area contributed by atoms with Crippen LogP contribution in [0.25, 0.3) is 0 Å². The van der Waals surface area contributed by atoms with Crippen molar-refractivity contribution in [3.63, 3.8) is 0 Å². The van der Waals surface area contributed by atoms with Crippen LogP contribution in [0.1, 0.15) is 38.5 Å². The van der Waals surface area contributed by atoms with Crippen LogP contribution in [0.4, 0.5) is 9.52 Å². The number of rotatable bonds is 3. The first-order valence-corrected chi connectivity index (χ1v) is 7.67. The fraction of sp³-hybridized carbons (Fsp3) is 0.615. The van der Waals surface area contributed by atoms with E-state index >= 15 is 0 Å². The molecule has 1 aliphatic carbocycles. The van der Waals surface area contributed by atoms with Crippen molar-refractivity contribution in [1.29, 1.82) is 5.26 Å². The van der Waals surface area contributed by atoms with Crippen molar-refractivity contribution >= 4 is 34.0 Å². The fourth-order valence-electron chi connectivity index (χ4n) is 2.13. The molecule has 1 aromatic rings. The predicted octanol–water partition coefficient (Wildman–Crippen LogP) is 2.97. The summed E-state index contributed by atoms with van der Waals surface area (Å²) in [5, 5.41) is 14.0. The van der Waals surface area contributed by atoms with Gasteiger partial charge in [-0.3, -0.25) is 10.1 Å². The van der Waals surface area contributed by atoms with Gasteiger partial charge in [-0.15, -0.1) is 0 Å². The van der Waals surface area contributed by atoms with E-state index in [0.717, 1.165) is 4.88 Å². The highest BCUT2D eigenvalue weighted by atomic mass is 35.5. The van der Waals surface area contributed by atoms with Gasteiger partial charge in [0.15, 0.2) is 17.0 Å². The minimum absolute atomic E-state index is 0.0162. The van der Waals surface area contributed by atoms with Gasteiger partial charge in [-0.1, -0.05) is 43.7 Å². The minimum Gasteiger partial charge on any atom is -0.321 e. The van der Waals surface area contributed by atoms with E-state index in [0.29, 0.717) is 10.3 Å². The molecule has 1 saturated carbocycles. The molecule has 1 fully saturated rings. The number of nitriles is 1. The van der Waals surface area contributed by atoms with E-state index in [1.54, 1.807) is 6.19 Å². The van der Waals surface area contributed by atoms with Crippen molar-refractivity contribution in [2.75, 3.05) is 5.32 Å². The first kappa shape index (κ1) is 16.0. The molecule has 1 aliphatic rings. The predicted molar refractivity (Wildman–Crippen MR) is 80.1 cm³/mol. The third-order valence-electron chi connectivity index (χ3n) is 3.30. The van der Waals surface area contributed by atoms with Crippen LogP contribution >= 0.6 is 22.9 Å². The zero-order chi connectivity index (χ0) is 15.8. The van der Waals surface area contributed by atoms with Gasteiger partial charge in [-0.25, -0.2) is 9.37 Å². The quantitative estimate of drug-likeness (QED) is 0.659. The number of alkyl halides is 1. The topological polar surface area (TPSA) is 77.8 Å². The first-order chi connectivity index (χ1) is 9.65. The number of carbonyl (C=O) groups is 1. The van der Waals surface area contributed by atoms with E-state index in [9.17, 15) is 9.18 Å². The zero-order valence-electron chi connectivity index (χ0n) is 12.0. The van der Waals surface area contributed by atoms with Crippen LogP contribution in [0.3, 0.4) is 0 Å². The Balaban J connectivity index is 2.03. The van der Waals surface area contributed by atoms with Gasteiger partial charge in [0.05, 0.1) is 4.88 Å². The molecule has 0 spiro atoms. The molecule has 2 rings (SSSR count). The number of hydrogen-bond acceptors (Lipinski definition) is 5. The summed E-state index contributed by atoms with van der Waals surface area (Å²) in [6, 6.07) is -0.282. The lowest BCUT2D eigenvalue weighted by molar-refractivity contribution is -0.134. The highest BCUT2D eigenvalue weighted by Gasteiger charge is 2.51. The van der Waals surface area contributed by atoms with Gasteiger partial charge in [-0.05, 0) is 5.41 Å². The largest absolute Gasteiger partial charge is 0.321 e. The third-order valence-corrected chi connectivity index (χ3v) is 5.09. The third kappa shape index (κ3) is 3.27. The van der Waals surface area contributed by atoms with Crippen molar-refractivity contribution in [2.24, 2.45) is 0 Å². The van der Waals surface area contributed by atoms with Crippen molar-refractivity contribution < 1.29 is 9.18 Å². The zero-order valence-corrected chi connectivity index (χ0v) is 13.5. The minimum atomic E-state index is -1.95. The normalized spacial score (nSPS) is 24.9. The summed E-state index contributed by atoms with van der Waals surface area (Å²) in [6.45, 7) is 5.95. The molecule has 21 heavy (non-hydrogen) atoms. The highest BCUT2D eigenvalue weighted by Crippen LogP contribution is 2.40. The number of nitrogens with zero attached hydrogens (tertiary/aromatic N) is 2. The Morgan fingerprint density at radius 2 is 2.19 bits per heavy atom. The molecule has 5 nitrogen and oxygen atoms in total. The Morgan fingerprint density at radius 3 is 2.67 bits per heavy atom. The van der Waals surface area contributed by atoms with E-state index in [-0.39, 0.29) is 24.3 Å². The van der Waals surface area contributed by atoms with Gasteiger partial charge in [0.2, 0.25) is 0 Å². The maximum absolute atomic E-state index is 14.3. The van der Waals surface area contributed by atoms with Gasteiger partial charge >= 0.3 is 0 Å². The molecule has 0 radical (unpaired) electrons. The Kier molecular flexibility index (Phi) is 4.13. The molecule has 0 unspecified atom stereocenters. The van der Waals surface area contributed by atoms with Crippen molar-refractivity contribution in [2.45, 2.75) is 50.7 Å². The summed E-state index contributed by atoms with van der Waals surface area (Å²) >= 11 is 7.29. The number of carbonyl (C=O) groups excluding carboxylic acids is 1. The van der Waals surface area contributed by atoms with Gasteiger partial charge in [0, 0.05) is 18.9 Å². The van der Waals surface area contributed by atoms with Crippen LogP contribution in [0.15, 0.2) is 0 Å². The van der Waals surface area contributed by atoms with Crippen LogP contribution in [0, 0.1) is 11.5 Å². The SMILES string of the molecule is CC(C)(C)c1sc(NC(=O)C2(F)CC(NC#N)C2)nc1Cl. The van der Waals surface area contributed by atoms with Crippen molar-refractivity contribution in [3.8, 4) is 6.19 Å². The highest BCUT2D eigenvalue weighted by molar-refractivity contribution is 7.16. The monoisotopic (exact) mass is 330 g/mol. The van der Waals surface area contributed by atoms with Gasteiger partial charge in [-0.2, -0.15) is 5.26 Å². The molecule has 0 atom stereocenters. The molecule has 8 heteroatoms. The van der Waals surface area contributed by atoms with Crippen LogP contribution in [0.2, 0.25) is 5.15 Å². The summed E-state index contributed by atoms with van der Waals surface area (Å²) in [5.74, 6) is -0.732. The summed E-state index contributed by atoms with van der Waals surface area (Å²) in [6.07, 6.45) is 1.71. The summed E-state index contributed by atoms with van der Waals surface area (Å²) < 4.78 is 14.3. The van der Waals surface area contributed by atoms with Crippen LogP contribution < -0.4 is 10.6 Å². The molecule has 0 aromatic carbocycles. The molecule has 0 aliphatic heterocycles. The fourth-order valence-corrected chi connectivity index (χ4v) is 3.57. The van der Waals surface area contributed by atoms with Gasteiger partial charge in [0.25, 0.3) is 5.91 Å². The standard InChI is InChI=1S/C13H16ClFN4OS/c1-12(2,3)8-9(14)18-11(21-8)19-10(20)13(15)4-7(5-13)17-6-16/h7,17H,4-5H2,1-3H3,(H,18,19,20). The number of amides is 1. The number of halogens is 2. The van der Waals surface area contributed by atoms with Gasteiger partial charge < -0.3 is 5.32 Å². The average Bonchev–Trinajstić information content (AvgIpc) is 2.68. The molecular formula is C13H16ClFN4OS. The smallest absolute Gasteiger partial charge is 0.263 e. The van der Waals surface area contributed by atoms with E-state index in [1.165, 1.54) is 11.3 Å². The molecule has 0 bridgehead atoms. The van der Waals surface area contributed by atoms with Crippen LogP contribution in [0.5, 0.6) is 0 Å². The van der Waals surface area contributed by atoms with E-state index in [2.05, 4.69) is 15.6 Å². The molecular weight excluding hydrogens is 315 g/mol. The molecule has 114 valence electrons. The van der Waals surface area contributed by atoms with Gasteiger partial charge in [0.1, 0.15) is 5.15 Å². The average molecular weight is 331 g/mol. The van der Waals surface area contributed by atoms with E-state index in [4.69, 9.17) is 16.9 Å². The molecule has 2 N–H and O–H groups in total. The lowest BCUT2D eigenvalue weighted by Gasteiger charge is -2.38. The Bertz CT molecular complexity index is 598. The Morgan fingerprint density at radius 1 is 1.57 bits per heavy atom. The molecule has 1 amide bonds. The summed E-state index contributed by atoms with van der Waals surface area (Å²) in [4.78, 5) is 16.9. The summed E-state index contributed by atoms with van der Waals surface area (Å²) in [7, 11) is 0. The van der Waals surface area contributed by atoms with Crippen molar-refractivity contribution in [1.82, 2.24) is 10.3 Å². The summed E-state index contributed by atoms with van der Waals surface area (Å²) in [5.41, 5.74) is -2.14. The van der Waals surface area contributed by atoms with E-state index in [1.807, 2.05) is 20.8 Å². The Hall–Kier alpha value is -1.39. The number of nitrogens with one attached hydrogen (secondary N) is 2. The number of thiazole rings is 1. The second kappa shape index (κ2) is 5.43. The molecule has 0 saturated heterocycles. The second-order valence-electron chi connectivity index (χ2n) is 6.17. The lowest BCUT2D eigenvalue weighted by atomic mass is 9.76.